The highest BCUT2D eigenvalue weighted by atomic mass is 14.1. The summed E-state index contributed by atoms with van der Waals surface area (Å²) in [6.45, 7) is 12.1. The Kier molecular flexibility index (Phi) is 15.9. The van der Waals surface area contributed by atoms with Gasteiger partial charge in [0.15, 0.2) is 0 Å². The van der Waals surface area contributed by atoms with Gasteiger partial charge in [0.25, 0.3) is 0 Å². The predicted molar refractivity (Wildman–Crippen MR) is 59.5 cm³/mol. The lowest BCUT2D eigenvalue weighted by Gasteiger charge is -2.18. The van der Waals surface area contributed by atoms with Crippen molar-refractivity contribution in [1.29, 1.82) is 0 Å². The Morgan fingerprint density at radius 1 is 1.25 bits per heavy atom. The second-order valence-electron chi connectivity index (χ2n) is 3.44. The Morgan fingerprint density at radius 2 is 1.50 bits per heavy atom. The van der Waals surface area contributed by atoms with Gasteiger partial charge in [-0.2, -0.15) is 0 Å². The largest absolute Gasteiger partial charge is 0.103 e. The molecule has 1 saturated carbocycles. The van der Waals surface area contributed by atoms with Crippen molar-refractivity contribution in [3.63, 3.8) is 0 Å². The van der Waals surface area contributed by atoms with Crippen molar-refractivity contribution in [3.8, 4) is 0 Å². The standard InChI is InChI=1S/C5H10.C4H8.C3H8/c1-5-3-2-4-5;1-3-4-2;1-3-2/h5H,2-4H2,1H3;3H,1,4H2,2H3;3H2,1-2H3. The number of hydrogen-bond acceptors (Lipinski definition) is 0. The monoisotopic (exact) mass is 170 g/mol. The van der Waals surface area contributed by atoms with Crippen molar-refractivity contribution in [2.24, 2.45) is 5.92 Å². The van der Waals surface area contributed by atoms with Crippen LogP contribution in [0.25, 0.3) is 0 Å². The molecule has 1 rings (SSSR count). The number of hydrogen-bond donors (Lipinski definition) is 0. The SMILES string of the molecule is C=CCC.CC1CCC1.CCC. The molecule has 0 N–H and O–H groups in total. The van der Waals surface area contributed by atoms with Crippen LogP contribution in [0.2, 0.25) is 0 Å². The Balaban J connectivity index is 0. The van der Waals surface area contributed by atoms with Gasteiger partial charge in [0, 0.05) is 0 Å². The van der Waals surface area contributed by atoms with Crippen molar-refractivity contribution >= 4 is 0 Å². The maximum Gasteiger partial charge on any atom is -0.0382 e. The molecule has 1 fully saturated rings. The summed E-state index contributed by atoms with van der Waals surface area (Å²) in [6.07, 6.45) is 8.67. The molecule has 0 amide bonds. The van der Waals surface area contributed by atoms with Gasteiger partial charge in [-0.25, -0.2) is 0 Å². The van der Waals surface area contributed by atoms with Crippen LogP contribution >= 0.6 is 0 Å². The normalized spacial score (nSPS) is 14.3. The highest BCUT2D eigenvalue weighted by molar-refractivity contribution is 4.62. The first-order valence-electron chi connectivity index (χ1n) is 5.33. The second kappa shape index (κ2) is 13.3. The predicted octanol–water partition coefficient (Wildman–Crippen LogP) is 4.81. The molecule has 0 aromatic carbocycles. The molecule has 0 radical (unpaired) electrons. The fourth-order valence-electron chi connectivity index (χ4n) is 0.612. The third-order valence-corrected chi connectivity index (χ3v) is 1.68. The molecular formula is C12H26. The van der Waals surface area contributed by atoms with E-state index in [-0.39, 0.29) is 0 Å². The molecule has 0 nitrogen and oxygen atoms in total. The van der Waals surface area contributed by atoms with Crippen LogP contribution in [0.4, 0.5) is 0 Å². The first-order chi connectivity index (χ1) is 5.72. The van der Waals surface area contributed by atoms with Gasteiger partial charge >= 0.3 is 0 Å². The topological polar surface area (TPSA) is 0 Å². The molecule has 1 aliphatic rings. The van der Waals surface area contributed by atoms with E-state index in [9.17, 15) is 0 Å². The first-order valence-corrected chi connectivity index (χ1v) is 5.33. The van der Waals surface area contributed by atoms with Crippen LogP contribution in [-0.2, 0) is 0 Å². The van der Waals surface area contributed by atoms with Crippen molar-refractivity contribution in [3.05, 3.63) is 12.7 Å². The lowest BCUT2D eigenvalue weighted by atomic mass is 9.88. The molecule has 1 aliphatic carbocycles. The molecule has 74 valence electrons. The highest BCUT2D eigenvalue weighted by Crippen LogP contribution is 2.24. The molecule has 0 heterocycles. The third-order valence-electron chi connectivity index (χ3n) is 1.68. The van der Waals surface area contributed by atoms with E-state index in [0.717, 1.165) is 12.3 Å². The molecule has 0 spiro atoms. The minimum atomic E-state index is 1.06. The molecule has 0 aromatic heterocycles. The van der Waals surface area contributed by atoms with E-state index in [1.807, 2.05) is 6.08 Å². The van der Waals surface area contributed by atoms with Crippen LogP contribution < -0.4 is 0 Å². The minimum Gasteiger partial charge on any atom is -0.103 e. The summed E-state index contributed by atoms with van der Waals surface area (Å²) in [4.78, 5) is 0. The van der Waals surface area contributed by atoms with E-state index in [0.29, 0.717) is 0 Å². The summed E-state index contributed by atoms with van der Waals surface area (Å²) in [7, 11) is 0. The van der Waals surface area contributed by atoms with E-state index in [4.69, 9.17) is 0 Å². The minimum absolute atomic E-state index is 1.06. The van der Waals surface area contributed by atoms with Gasteiger partial charge < -0.3 is 0 Å². The second-order valence-corrected chi connectivity index (χ2v) is 3.44. The molecule has 0 atom stereocenters. The number of allylic oxidation sites excluding steroid dienone is 1. The summed E-state index contributed by atoms with van der Waals surface area (Å²) in [5.74, 6) is 1.06. The van der Waals surface area contributed by atoms with Crippen LogP contribution in [-0.4, -0.2) is 0 Å². The molecule has 0 aliphatic heterocycles. The summed E-state index contributed by atoms with van der Waals surface area (Å²) in [5, 5.41) is 0. The molecule has 0 unspecified atom stereocenters. The van der Waals surface area contributed by atoms with E-state index < -0.39 is 0 Å². The van der Waals surface area contributed by atoms with Crippen LogP contribution in [0.15, 0.2) is 12.7 Å². The van der Waals surface area contributed by atoms with E-state index in [1.165, 1.54) is 25.7 Å². The summed E-state index contributed by atoms with van der Waals surface area (Å²) in [6, 6.07) is 0. The van der Waals surface area contributed by atoms with Gasteiger partial charge in [-0.05, 0) is 12.3 Å². The van der Waals surface area contributed by atoms with Gasteiger partial charge in [0.2, 0.25) is 0 Å². The average molecular weight is 170 g/mol. The molecule has 12 heavy (non-hydrogen) atoms. The van der Waals surface area contributed by atoms with E-state index >= 15 is 0 Å². The Labute approximate surface area is 79.1 Å². The zero-order valence-electron chi connectivity index (χ0n) is 9.40. The van der Waals surface area contributed by atoms with Gasteiger partial charge in [0.05, 0.1) is 0 Å². The molecule has 0 bridgehead atoms. The van der Waals surface area contributed by atoms with Gasteiger partial charge in [-0.15, -0.1) is 6.58 Å². The van der Waals surface area contributed by atoms with Crippen molar-refractivity contribution in [2.45, 2.75) is 59.8 Å². The first kappa shape index (κ1) is 14.3. The third kappa shape index (κ3) is 16.4. The van der Waals surface area contributed by atoms with Crippen LogP contribution in [0.5, 0.6) is 0 Å². The van der Waals surface area contributed by atoms with E-state index in [2.05, 4.69) is 34.3 Å². The zero-order valence-corrected chi connectivity index (χ0v) is 9.40. The van der Waals surface area contributed by atoms with Crippen LogP contribution in [0, 0.1) is 5.92 Å². The molecule has 0 saturated heterocycles. The van der Waals surface area contributed by atoms with Crippen molar-refractivity contribution < 1.29 is 0 Å². The lowest BCUT2D eigenvalue weighted by Crippen LogP contribution is -2.04. The molecule has 0 heteroatoms. The van der Waals surface area contributed by atoms with Gasteiger partial charge in [0.1, 0.15) is 0 Å². The Morgan fingerprint density at radius 3 is 1.50 bits per heavy atom. The van der Waals surface area contributed by atoms with Crippen LogP contribution in [0.3, 0.4) is 0 Å². The maximum atomic E-state index is 3.48. The number of rotatable bonds is 1. The fourth-order valence-corrected chi connectivity index (χ4v) is 0.612. The van der Waals surface area contributed by atoms with E-state index in [1.54, 1.807) is 0 Å². The average Bonchev–Trinajstić information content (AvgIpc) is 2.03. The molecule has 0 aromatic rings. The fraction of sp³-hybridized carbons (Fsp3) is 0.833. The summed E-state index contributed by atoms with van der Waals surface area (Å²) >= 11 is 0. The maximum absolute atomic E-state index is 3.48. The Bertz CT molecular complexity index is 70.1. The smallest absolute Gasteiger partial charge is 0.0382 e. The van der Waals surface area contributed by atoms with Crippen LogP contribution in [0.1, 0.15) is 59.8 Å². The zero-order chi connectivity index (χ0) is 9.82. The summed E-state index contributed by atoms with van der Waals surface area (Å²) < 4.78 is 0. The van der Waals surface area contributed by atoms with Gasteiger partial charge in [-0.1, -0.05) is 59.5 Å². The highest BCUT2D eigenvalue weighted by Gasteiger charge is 2.09. The van der Waals surface area contributed by atoms with Crippen molar-refractivity contribution in [2.75, 3.05) is 0 Å². The molecular weight excluding hydrogens is 144 g/mol. The lowest BCUT2D eigenvalue weighted by molar-refractivity contribution is 0.346. The Hall–Kier alpha value is -0.260. The van der Waals surface area contributed by atoms with Crippen molar-refractivity contribution in [1.82, 2.24) is 0 Å². The quantitative estimate of drug-likeness (QED) is 0.496. The van der Waals surface area contributed by atoms with Gasteiger partial charge in [-0.3, -0.25) is 0 Å². The summed E-state index contributed by atoms with van der Waals surface area (Å²) in [5.41, 5.74) is 0.